The van der Waals surface area contributed by atoms with Crippen LogP contribution in [0.25, 0.3) is 0 Å². The highest BCUT2D eigenvalue weighted by Crippen LogP contribution is 2.28. The van der Waals surface area contributed by atoms with Crippen molar-refractivity contribution in [2.45, 2.75) is 19.4 Å². The summed E-state index contributed by atoms with van der Waals surface area (Å²) in [6.07, 6.45) is 2.40. The molecule has 4 rings (SSSR count). The molecule has 22 heavy (non-hydrogen) atoms. The van der Waals surface area contributed by atoms with E-state index >= 15 is 0 Å². The van der Waals surface area contributed by atoms with Crippen LogP contribution in [0.2, 0.25) is 0 Å². The molecule has 0 radical (unpaired) electrons. The third-order valence-electron chi connectivity index (χ3n) is 4.11. The first-order valence-corrected chi connectivity index (χ1v) is 8.26. The molecule has 1 saturated heterocycles. The number of carbonyl (C=O) groups excluding carboxylic acids is 2. The van der Waals surface area contributed by atoms with E-state index in [9.17, 15) is 9.59 Å². The highest BCUT2D eigenvalue weighted by Gasteiger charge is 2.35. The summed E-state index contributed by atoms with van der Waals surface area (Å²) in [5, 5.41) is 2.93. The first-order chi connectivity index (χ1) is 10.7. The summed E-state index contributed by atoms with van der Waals surface area (Å²) in [5.41, 5.74) is 1.76. The van der Waals surface area contributed by atoms with Gasteiger partial charge in [0.15, 0.2) is 5.13 Å². The minimum absolute atomic E-state index is 0.226. The average molecular weight is 313 g/mol. The number of amides is 2. The van der Waals surface area contributed by atoms with Gasteiger partial charge in [0, 0.05) is 18.5 Å². The molecule has 1 aromatic heterocycles. The number of imide groups is 1. The van der Waals surface area contributed by atoms with Crippen LogP contribution in [0.3, 0.4) is 0 Å². The molecular formula is C16H15N3O2S. The van der Waals surface area contributed by atoms with Crippen LogP contribution in [0, 0.1) is 0 Å². The highest BCUT2D eigenvalue weighted by atomic mass is 32.1. The van der Waals surface area contributed by atoms with Crippen molar-refractivity contribution in [3.63, 3.8) is 0 Å². The molecule has 0 saturated carbocycles. The average Bonchev–Trinajstić information content (AvgIpc) is 3.25. The Balaban J connectivity index is 1.55. The van der Waals surface area contributed by atoms with Gasteiger partial charge in [-0.25, -0.2) is 4.98 Å². The van der Waals surface area contributed by atoms with E-state index in [2.05, 4.69) is 9.88 Å². The number of aromatic nitrogens is 1. The number of benzene rings is 1. The van der Waals surface area contributed by atoms with Crippen LogP contribution in [0.15, 0.2) is 29.6 Å². The summed E-state index contributed by atoms with van der Waals surface area (Å²) in [7, 11) is 0. The van der Waals surface area contributed by atoms with E-state index in [4.69, 9.17) is 0 Å². The minimum Gasteiger partial charge on any atom is -0.348 e. The summed E-state index contributed by atoms with van der Waals surface area (Å²) in [5.74, 6) is -0.451. The third kappa shape index (κ3) is 2.11. The zero-order valence-electron chi connectivity index (χ0n) is 12.0. The maximum atomic E-state index is 12.3. The first-order valence-electron chi connectivity index (χ1n) is 7.38. The van der Waals surface area contributed by atoms with E-state index in [-0.39, 0.29) is 18.4 Å². The van der Waals surface area contributed by atoms with E-state index in [0.717, 1.165) is 23.9 Å². The molecule has 6 heteroatoms. The maximum Gasteiger partial charge on any atom is 0.261 e. The fraction of sp³-hybridized carbons (Fsp3) is 0.312. The van der Waals surface area contributed by atoms with Crippen molar-refractivity contribution >= 4 is 28.3 Å². The topological polar surface area (TPSA) is 53.5 Å². The van der Waals surface area contributed by atoms with Crippen LogP contribution in [0.5, 0.6) is 0 Å². The molecule has 1 aromatic carbocycles. The molecule has 3 heterocycles. The predicted molar refractivity (Wildman–Crippen MR) is 84.2 cm³/mol. The molecule has 2 aliphatic heterocycles. The standard InChI is InChI=1S/C16H15N3O2S/c20-14-12-5-1-2-6-13(12)15(21)19(14)9-11-10-22-16(17-11)18-7-3-4-8-18/h1-2,5-6,10H,3-4,7-9H2. The Labute approximate surface area is 132 Å². The van der Waals surface area contributed by atoms with Gasteiger partial charge < -0.3 is 4.90 Å². The summed E-state index contributed by atoms with van der Waals surface area (Å²) in [6, 6.07) is 6.96. The molecule has 0 N–H and O–H groups in total. The number of fused-ring (bicyclic) bond motifs is 1. The summed E-state index contributed by atoms with van der Waals surface area (Å²) in [4.78, 5) is 32.8. The molecule has 2 aliphatic rings. The van der Waals surface area contributed by atoms with E-state index in [0.29, 0.717) is 11.1 Å². The maximum absolute atomic E-state index is 12.3. The monoisotopic (exact) mass is 313 g/mol. The predicted octanol–water partition coefficient (Wildman–Crippen LogP) is 2.54. The number of anilines is 1. The van der Waals surface area contributed by atoms with E-state index in [1.54, 1.807) is 35.6 Å². The van der Waals surface area contributed by atoms with Gasteiger partial charge in [-0.05, 0) is 25.0 Å². The summed E-state index contributed by atoms with van der Waals surface area (Å²) >= 11 is 1.58. The normalized spacial score (nSPS) is 17.5. The van der Waals surface area contributed by atoms with Gasteiger partial charge in [0.2, 0.25) is 0 Å². The van der Waals surface area contributed by atoms with Gasteiger partial charge in [0.1, 0.15) is 0 Å². The molecular weight excluding hydrogens is 298 g/mol. The number of carbonyl (C=O) groups is 2. The molecule has 1 fully saturated rings. The van der Waals surface area contributed by atoms with Gasteiger partial charge in [-0.2, -0.15) is 0 Å². The van der Waals surface area contributed by atoms with Crippen molar-refractivity contribution in [3.8, 4) is 0 Å². The van der Waals surface area contributed by atoms with Gasteiger partial charge in [-0.3, -0.25) is 14.5 Å². The Bertz CT molecular complexity index is 714. The summed E-state index contributed by atoms with van der Waals surface area (Å²) in [6.45, 7) is 2.33. The minimum atomic E-state index is -0.226. The SMILES string of the molecule is O=C1c2ccccc2C(=O)N1Cc1csc(N2CCCC2)n1. The second kappa shape index (κ2) is 5.21. The van der Waals surface area contributed by atoms with Crippen molar-refractivity contribution in [2.75, 3.05) is 18.0 Å². The Morgan fingerprint density at radius 3 is 2.32 bits per heavy atom. The molecule has 0 aliphatic carbocycles. The second-order valence-corrected chi connectivity index (χ2v) is 6.39. The molecule has 0 atom stereocenters. The Morgan fingerprint density at radius 2 is 1.68 bits per heavy atom. The lowest BCUT2D eigenvalue weighted by atomic mass is 10.1. The number of thiazole rings is 1. The zero-order valence-corrected chi connectivity index (χ0v) is 12.8. The van der Waals surface area contributed by atoms with Crippen LogP contribution in [0.4, 0.5) is 5.13 Å². The van der Waals surface area contributed by atoms with E-state index in [1.807, 2.05) is 5.38 Å². The Kier molecular flexibility index (Phi) is 3.18. The smallest absolute Gasteiger partial charge is 0.261 e. The molecule has 2 amide bonds. The highest BCUT2D eigenvalue weighted by molar-refractivity contribution is 7.13. The van der Waals surface area contributed by atoms with Crippen LogP contribution in [-0.2, 0) is 6.54 Å². The molecule has 0 unspecified atom stereocenters. The van der Waals surface area contributed by atoms with Crippen molar-refractivity contribution in [1.29, 1.82) is 0 Å². The quantitative estimate of drug-likeness (QED) is 0.817. The molecule has 2 aromatic rings. The van der Waals surface area contributed by atoms with Gasteiger partial charge in [0.05, 0.1) is 23.4 Å². The zero-order chi connectivity index (χ0) is 15.1. The van der Waals surface area contributed by atoms with Crippen LogP contribution >= 0.6 is 11.3 Å². The van der Waals surface area contributed by atoms with Crippen molar-refractivity contribution in [1.82, 2.24) is 9.88 Å². The van der Waals surface area contributed by atoms with E-state index < -0.39 is 0 Å². The lowest BCUT2D eigenvalue weighted by Gasteiger charge is -2.13. The van der Waals surface area contributed by atoms with Gasteiger partial charge in [0.25, 0.3) is 11.8 Å². The van der Waals surface area contributed by atoms with Crippen LogP contribution in [0.1, 0.15) is 39.3 Å². The van der Waals surface area contributed by atoms with Gasteiger partial charge in [-0.1, -0.05) is 12.1 Å². The lowest BCUT2D eigenvalue weighted by Crippen LogP contribution is -2.29. The fourth-order valence-corrected chi connectivity index (χ4v) is 3.84. The Morgan fingerprint density at radius 1 is 1.05 bits per heavy atom. The van der Waals surface area contributed by atoms with Crippen molar-refractivity contribution in [3.05, 3.63) is 46.5 Å². The largest absolute Gasteiger partial charge is 0.348 e. The number of nitrogens with zero attached hydrogens (tertiary/aromatic N) is 3. The Hall–Kier alpha value is -2.21. The lowest BCUT2D eigenvalue weighted by molar-refractivity contribution is 0.0640. The summed E-state index contributed by atoms with van der Waals surface area (Å²) < 4.78 is 0. The number of rotatable bonds is 3. The van der Waals surface area contributed by atoms with Gasteiger partial charge >= 0.3 is 0 Å². The molecule has 5 nitrogen and oxygen atoms in total. The molecule has 0 bridgehead atoms. The number of hydrogen-bond donors (Lipinski definition) is 0. The second-order valence-electron chi connectivity index (χ2n) is 5.56. The first kappa shape index (κ1) is 13.5. The van der Waals surface area contributed by atoms with E-state index in [1.165, 1.54) is 17.7 Å². The van der Waals surface area contributed by atoms with Crippen molar-refractivity contribution in [2.24, 2.45) is 0 Å². The molecule has 112 valence electrons. The fourth-order valence-electron chi connectivity index (χ4n) is 2.97. The van der Waals surface area contributed by atoms with Gasteiger partial charge in [-0.15, -0.1) is 11.3 Å². The number of hydrogen-bond acceptors (Lipinski definition) is 5. The third-order valence-corrected chi connectivity index (χ3v) is 5.06. The van der Waals surface area contributed by atoms with Crippen LogP contribution < -0.4 is 4.90 Å². The molecule has 0 spiro atoms. The van der Waals surface area contributed by atoms with Crippen LogP contribution in [-0.4, -0.2) is 34.8 Å². The van der Waals surface area contributed by atoms with Crippen molar-refractivity contribution < 1.29 is 9.59 Å².